The first-order valence-electron chi connectivity index (χ1n) is 6.58. The SMILES string of the molecule is CCCCOc1ccc(C(C)(CC(=O)O)C(=O)O)cc1. The number of hydrogen-bond donors (Lipinski definition) is 2. The molecule has 5 heteroatoms. The summed E-state index contributed by atoms with van der Waals surface area (Å²) in [6.45, 7) is 4.09. The molecule has 1 aromatic carbocycles. The van der Waals surface area contributed by atoms with E-state index in [0.29, 0.717) is 17.9 Å². The molecule has 0 amide bonds. The van der Waals surface area contributed by atoms with E-state index in [1.54, 1.807) is 24.3 Å². The molecule has 0 fully saturated rings. The Morgan fingerprint density at radius 2 is 1.80 bits per heavy atom. The number of carbonyl (C=O) groups is 2. The van der Waals surface area contributed by atoms with Crippen LogP contribution in [0.15, 0.2) is 24.3 Å². The second kappa shape index (κ2) is 6.93. The van der Waals surface area contributed by atoms with E-state index in [9.17, 15) is 14.7 Å². The van der Waals surface area contributed by atoms with E-state index in [1.807, 2.05) is 0 Å². The number of benzene rings is 1. The number of carboxylic acids is 2. The molecular weight excluding hydrogens is 260 g/mol. The van der Waals surface area contributed by atoms with Crippen molar-refractivity contribution in [1.29, 1.82) is 0 Å². The van der Waals surface area contributed by atoms with Crippen molar-refractivity contribution in [1.82, 2.24) is 0 Å². The third-order valence-electron chi connectivity index (χ3n) is 3.23. The van der Waals surface area contributed by atoms with E-state index in [1.165, 1.54) is 6.92 Å². The number of unbranched alkanes of at least 4 members (excludes halogenated alkanes) is 1. The molecule has 1 rings (SSSR count). The van der Waals surface area contributed by atoms with E-state index in [0.717, 1.165) is 12.8 Å². The van der Waals surface area contributed by atoms with Gasteiger partial charge in [0.1, 0.15) is 11.2 Å². The van der Waals surface area contributed by atoms with Crippen molar-refractivity contribution in [2.24, 2.45) is 0 Å². The van der Waals surface area contributed by atoms with E-state index in [4.69, 9.17) is 9.84 Å². The Balaban J connectivity index is 2.88. The third kappa shape index (κ3) is 3.98. The zero-order valence-corrected chi connectivity index (χ0v) is 11.8. The molecule has 1 atom stereocenters. The molecule has 0 heterocycles. The maximum absolute atomic E-state index is 11.4. The standard InChI is InChI=1S/C15H20O5/c1-3-4-9-20-12-7-5-11(6-8-12)15(2,14(18)19)10-13(16)17/h5-8H,3-4,9-10H2,1-2H3,(H,16,17)(H,18,19). The highest BCUT2D eigenvalue weighted by molar-refractivity contribution is 5.86. The molecule has 2 N–H and O–H groups in total. The highest BCUT2D eigenvalue weighted by Crippen LogP contribution is 2.29. The maximum atomic E-state index is 11.4. The summed E-state index contributed by atoms with van der Waals surface area (Å²) in [6, 6.07) is 6.57. The summed E-state index contributed by atoms with van der Waals surface area (Å²) in [5.41, 5.74) is -0.983. The molecule has 1 unspecified atom stereocenters. The minimum Gasteiger partial charge on any atom is -0.494 e. The van der Waals surface area contributed by atoms with E-state index >= 15 is 0 Å². The lowest BCUT2D eigenvalue weighted by Crippen LogP contribution is -2.34. The Bertz CT molecular complexity index is 466. The fourth-order valence-electron chi connectivity index (χ4n) is 1.86. The third-order valence-corrected chi connectivity index (χ3v) is 3.23. The van der Waals surface area contributed by atoms with Gasteiger partial charge in [0, 0.05) is 0 Å². The number of carboxylic acid groups (broad SMARTS) is 2. The first-order valence-corrected chi connectivity index (χ1v) is 6.58. The smallest absolute Gasteiger partial charge is 0.314 e. The Labute approximate surface area is 118 Å². The average molecular weight is 280 g/mol. The van der Waals surface area contributed by atoms with Crippen LogP contribution in [-0.4, -0.2) is 28.8 Å². The van der Waals surface area contributed by atoms with Crippen molar-refractivity contribution < 1.29 is 24.5 Å². The Kier molecular flexibility index (Phi) is 5.55. The van der Waals surface area contributed by atoms with Gasteiger partial charge in [-0.2, -0.15) is 0 Å². The van der Waals surface area contributed by atoms with Gasteiger partial charge in [-0.25, -0.2) is 0 Å². The van der Waals surface area contributed by atoms with Crippen LogP contribution >= 0.6 is 0 Å². The molecule has 0 spiro atoms. The fraction of sp³-hybridized carbons (Fsp3) is 0.467. The summed E-state index contributed by atoms with van der Waals surface area (Å²) < 4.78 is 5.49. The molecule has 0 bridgehead atoms. The van der Waals surface area contributed by atoms with Gasteiger partial charge >= 0.3 is 11.9 Å². The molecular formula is C15H20O5. The van der Waals surface area contributed by atoms with Gasteiger partial charge in [-0.05, 0) is 31.0 Å². The molecule has 0 saturated heterocycles. The summed E-state index contributed by atoms with van der Waals surface area (Å²) in [4.78, 5) is 22.2. The van der Waals surface area contributed by atoms with Crippen molar-refractivity contribution in [2.75, 3.05) is 6.61 Å². The molecule has 1 aromatic rings. The molecule has 0 saturated carbocycles. The normalized spacial score (nSPS) is 13.5. The first-order chi connectivity index (χ1) is 9.40. The van der Waals surface area contributed by atoms with Crippen LogP contribution in [0.4, 0.5) is 0 Å². The molecule has 0 aromatic heterocycles. The summed E-state index contributed by atoms with van der Waals surface area (Å²) in [6.07, 6.45) is 1.53. The van der Waals surface area contributed by atoms with Gasteiger partial charge in [0.15, 0.2) is 0 Å². The minimum atomic E-state index is -1.44. The van der Waals surface area contributed by atoms with Gasteiger partial charge in [-0.1, -0.05) is 25.5 Å². The van der Waals surface area contributed by atoms with Crippen LogP contribution in [0.3, 0.4) is 0 Å². The van der Waals surface area contributed by atoms with Crippen molar-refractivity contribution in [3.8, 4) is 5.75 Å². The molecule has 0 aliphatic rings. The number of rotatable bonds is 8. The molecule has 0 radical (unpaired) electrons. The van der Waals surface area contributed by atoms with Crippen molar-refractivity contribution in [3.63, 3.8) is 0 Å². The lowest BCUT2D eigenvalue weighted by Gasteiger charge is -2.23. The lowest BCUT2D eigenvalue weighted by atomic mass is 9.79. The molecule has 0 aliphatic heterocycles. The van der Waals surface area contributed by atoms with Gasteiger partial charge in [-0.15, -0.1) is 0 Å². The minimum absolute atomic E-state index is 0.454. The average Bonchev–Trinajstić information content (AvgIpc) is 2.38. The second-order valence-corrected chi connectivity index (χ2v) is 4.93. The van der Waals surface area contributed by atoms with Gasteiger partial charge in [0.25, 0.3) is 0 Å². The number of hydrogen-bond acceptors (Lipinski definition) is 3. The number of aliphatic carboxylic acids is 2. The number of ether oxygens (including phenoxy) is 1. The van der Waals surface area contributed by atoms with Crippen LogP contribution in [0, 0.1) is 0 Å². The maximum Gasteiger partial charge on any atom is 0.314 e. The summed E-state index contributed by atoms with van der Waals surface area (Å²) in [7, 11) is 0. The largest absolute Gasteiger partial charge is 0.494 e. The van der Waals surface area contributed by atoms with E-state index in [2.05, 4.69) is 6.92 Å². The summed E-state index contributed by atoms with van der Waals surface area (Å²) in [5.74, 6) is -1.64. The quantitative estimate of drug-likeness (QED) is 0.715. The van der Waals surface area contributed by atoms with Crippen LogP contribution < -0.4 is 4.74 Å². The van der Waals surface area contributed by atoms with E-state index in [-0.39, 0.29) is 0 Å². The zero-order chi connectivity index (χ0) is 15.2. The Hall–Kier alpha value is -2.04. The Morgan fingerprint density at radius 3 is 2.25 bits per heavy atom. The van der Waals surface area contributed by atoms with Crippen LogP contribution in [0.2, 0.25) is 0 Å². The van der Waals surface area contributed by atoms with Crippen LogP contribution in [-0.2, 0) is 15.0 Å². The predicted molar refractivity (Wildman–Crippen MR) is 74.1 cm³/mol. The van der Waals surface area contributed by atoms with Crippen molar-refractivity contribution in [2.45, 2.75) is 38.5 Å². The van der Waals surface area contributed by atoms with Crippen molar-refractivity contribution in [3.05, 3.63) is 29.8 Å². The van der Waals surface area contributed by atoms with Gasteiger partial charge < -0.3 is 14.9 Å². The fourth-order valence-corrected chi connectivity index (χ4v) is 1.86. The summed E-state index contributed by atoms with van der Waals surface area (Å²) in [5, 5.41) is 18.2. The highest BCUT2D eigenvalue weighted by Gasteiger charge is 2.37. The van der Waals surface area contributed by atoms with E-state index < -0.39 is 23.8 Å². The predicted octanol–water partition coefficient (Wildman–Crippen LogP) is 2.68. The Morgan fingerprint density at radius 1 is 1.20 bits per heavy atom. The summed E-state index contributed by atoms with van der Waals surface area (Å²) >= 11 is 0. The molecule has 20 heavy (non-hydrogen) atoms. The molecule has 5 nitrogen and oxygen atoms in total. The van der Waals surface area contributed by atoms with Crippen molar-refractivity contribution >= 4 is 11.9 Å². The molecule has 0 aliphatic carbocycles. The van der Waals surface area contributed by atoms with Crippen LogP contribution in [0.25, 0.3) is 0 Å². The van der Waals surface area contributed by atoms with Crippen LogP contribution in [0.5, 0.6) is 5.75 Å². The monoisotopic (exact) mass is 280 g/mol. The second-order valence-electron chi connectivity index (χ2n) is 4.93. The topological polar surface area (TPSA) is 83.8 Å². The van der Waals surface area contributed by atoms with Gasteiger partial charge in [0.2, 0.25) is 0 Å². The zero-order valence-electron chi connectivity index (χ0n) is 11.8. The van der Waals surface area contributed by atoms with Gasteiger partial charge in [0.05, 0.1) is 13.0 Å². The van der Waals surface area contributed by atoms with Crippen LogP contribution in [0.1, 0.15) is 38.7 Å². The highest BCUT2D eigenvalue weighted by atomic mass is 16.5. The molecule has 110 valence electrons. The first kappa shape index (κ1) is 16.0. The van der Waals surface area contributed by atoms with Gasteiger partial charge in [-0.3, -0.25) is 9.59 Å². The lowest BCUT2D eigenvalue weighted by molar-refractivity contribution is -0.149.